The van der Waals surface area contributed by atoms with E-state index in [1.807, 2.05) is 19.9 Å². The highest BCUT2D eigenvalue weighted by Crippen LogP contribution is 2.24. The molecule has 0 saturated heterocycles. The van der Waals surface area contributed by atoms with Crippen LogP contribution in [0.4, 0.5) is 11.4 Å². The molecule has 0 heterocycles. The molecular weight excluding hydrogens is 484 g/mol. The summed E-state index contributed by atoms with van der Waals surface area (Å²) in [6.07, 6.45) is 0. The van der Waals surface area contributed by atoms with Crippen molar-refractivity contribution < 1.29 is 32.3 Å². The zero-order chi connectivity index (χ0) is 26.6. The maximum absolute atomic E-state index is 13.1. The van der Waals surface area contributed by atoms with Crippen LogP contribution in [0.2, 0.25) is 0 Å². The van der Waals surface area contributed by atoms with E-state index in [-0.39, 0.29) is 27.3 Å². The van der Waals surface area contributed by atoms with Gasteiger partial charge in [-0.2, -0.15) is 0 Å². The Bertz CT molecular complexity index is 1410. The summed E-state index contributed by atoms with van der Waals surface area (Å²) < 4.78 is 38.2. The Morgan fingerprint density at radius 1 is 0.694 bits per heavy atom. The Kier molecular flexibility index (Phi) is 7.79. The van der Waals surface area contributed by atoms with Gasteiger partial charge < -0.3 is 14.8 Å². The SMILES string of the molecule is COC(=O)c1cc(NC(=O)c2ccc(C)c(S(=O)(=O)Nc3cc(C)cc(C)c3)c2)cc(C(=O)OC)c1. The molecule has 2 N–H and O–H groups in total. The van der Waals surface area contributed by atoms with E-state index in [4.69, 9.17) is 9.47 Å². The summed E-state index contributed by atoms with van der Waals surface area (Å²) in [7, 11) is -1.63. The Morgan fingerprint density at radius 3 is 1.78 bits per heavy atom. The molecule has 0 aliphatic heterocycles. The van der Waals surface area contributed by atoms with Crippen molar-refractivity contribution in [3.05, 3.63) is 88.0 Å². The molecule has 9 nitrogen and oxygen atoms in total. The lowest BCUT2D eigenvalue weighted by Crippen LogP contribution is -2.18. The molecule has 0 unspecified atom stereocenters. The molecule has 3 aromatic carbocycles. The largest absolute Gasteiger partial charge is 0.465 e. The van der Waals surface area contributed by atoms with Crippen LogP contribution in [0.15, 0.2) is 59.5 Å². The molecular formula is C26H26N2O7S. The van der Waals surface area contributed by atoms with Gasteiger partial charge in [-0.15, -0.1) is 0 Å². The van der Waals surface area contributed by atoms with Crippen molar-refractivity contribution >= 4 is 39.2 Å². The van der Waals surface area contributed by atoms with Crippen LogP contribution >= 0.6 is 0 Å². The quantitative estimate of drug-likeness (QED) is 0.455. The van der Waals surface area contributed by atoms with E-state index in [1.165, 1.54) is 50.6 Å². The lowest BCUT2D eigenvalue weighted by molar-refractivity contribution is 0.0598. The first-order valence-electron chi connectivity index (χ1n) is 10.8. The van der Waals surface area contributed by atoms with Crippen LogP contribution < -0.4 is 10.0 Å². The fourth-order valence-electron chi connectivity index (χ4n) is 3.65. The van der Waals surface area contributed by atoms with Crippen molar-refractivity contribution in [2.24, 2.45) is 0 Å². The van der Waals surface area contributed by atoms with Crippen molar-refractivity contribution in [3.8, 4) is 0 Å². The zero-order valence-corrected chi connectivity index (χ0v) is 21.3. The van der Waals surface area contributed by atoms with Gasteiger partial charge in [-0.3, -0.25) is 9.52 Å². The number of amides is 1. The van der Waals surface area contributed by atoms with Crippen molar-refractivity contribution in [1.29, 1.82) is 0 Å². The van der Waals surface area contributed by atoms with Gasteiger partial charge in [-0.05, 0) is 79.9 Å². The second-order valence-electron chi connectivity index (χ2n) is 8.20. The van der Waals surface area contributed by atoms with E-state index in [1.54, 1.807) is 19.1 Å². The maximum atomic E-state index is 13.1. The molecule has 0 radical (unpaired) electrons. The van der Waals surface area contributed by atoms with Gasteiger partial charge in [0.2, 0.25) is 0 Å². The minimum Gasteiger partial charge on any atom is -0.465 e. The minimum absolute atomic E-state index is 0.0283. The van der Waals surface area contributed by atoms with Gasteiger partial charge in [0, 0.05) is 16.9 Å². The van der Waals surface area contributed by atoms with Crippen molar-refractivity contribution in [3.63, 3.8) is 0 Å². The first-order chi connectivity index (χ1) is 16.9. The third-order valence-electron chi connectivity index (χ3n) is 5.25. The monoisotopic (exact) mass is 510 g/mol. The van der Waals surface area contributed by atoms with Crippen molar-refractivity contribution in [2.45, 2.75) is 25.7 Å². The molecule has 0 aliphatic rings. The summed E-state index contributed by atoms with van der Waals surface area (Å²) >= 11 is 0. The molecule has 0 fully saturated rings. The number of nitrogens with one attached hydrogen (secondary N) is 2. The molecule has 0 saturated carbocycles. The summed E-state index contributed by atoms with van der Waals surface area (Å²) in [6.45, 7) is 5.35. The van der Waals surface area contributed by atoms with E-state index in [9.17, 15) is 22.8 Å². The molecule has 0 aromatic heterocycles. The summed E-state index contributed by atoms with van der Waals surface area (Å²) in [5.74, 6) is -2.06. The van der Waals surface area contributed by atoms with E-state index in [0.29, 0.717) is 11.3 Å². The molecule has 1 amide bonds. The number of carbonyl (C=O) groups is 3. The summed E-state index contributed by atoms with van der Waals surface area (Å²) in [4.78, 5) is 36.9. The van der Waals surface area contributed by atoms with Gasteiger partial charge in [0.15, 0.2) is 0 Å². The second kappa shape index (κ2) is 10.6. The molecule has 3 aromatic rings. The molecule has 188 valence electrons. The average molecular weight is 511 g/mol. The third kappa shape index (κ3) is 6.08. The minimum atomic E-state index is -4.00. The first kappa shape index (κ1) is 26.4. The predicted molar refractivity (Wildman–Crippen MR) is 135 cm³/mol. The van der Waals surface area contributed by atoms with Gasteiger partial charge in [0.1, 0.15) is 0 Å². The van der Waals surface area contributed by atoms with Gasteiger partial charge in [-0.1, -0.05) is 12.1 Å². The number of anilines is 2. The summed E-state index contributed by atoms with van der Waals surface area (Å²) in [5.41, 5.74) is 2.91. The standard InChI is InChI=1S/C26H26N2O7S/c1-15-8-16(2)10-22(9-15)28-36(32,33)23-14-18(7-6-17(23)3)24(29)27-21-12-19(25(30)34-4)11-20(13-21)26(31)35-5/h6-14,28H,1-5H3,(H,27,29). The Labute approximate surface area is 209 Å². The van der Waals surface area contributed by atoms with Crippen LogP contribution in [0.5, 0.6) is 0 Å². The average Bonchev–Trinajstić information content (AvgIpc) is 2.81. The zero-order valence-electron chi connectivity index (χ0n) is 20.5. The molecule has 0 aliphatic carbocycles. The number of sulfonamides is 1. The lowest BCUT2D eigenvalue weighted by Gasteiger charge is -2.14. The van der Waals surface area contributed by atoms with Crippen molar-refractivity contribution in [1.82, 2.24) is 0 Å². The second-order valence-corrected chi connectivity index (χ2v) is 9.85. The number of benzene rings is 3. The number of aryl methyl sites for hydroxylation is 3. The van der Waals surface area contributed by atoms with E-state index in [2.05, 4.69) is 10.0 Å². The molecule has 0 spiro atoms. The first-order valence-corrected chi connectivity index (χ1v) is 12.3. The number of ether oxygens (including phenoxy) is 2. The molecule has 3 rings (SSSR count). The fraction of sp³-hybridized carbons (Fsp3) is 0.192. The van der Waals surface area contributed by atoms with Gasteiger partial charge >= 0.3 is 11.9 Å². The summed E-state index contributed by atoms with van der Waals surface area (Å²) in [6, 6.07) is 13.6. The van der Waals surface area contributed by atoms with Crippen LogP contribution in [0.25, 0.3) is 0 Å². The van der Waals surface area contributed by atoms with Gasteiger partial charge in [0.05, 0.1) is 30.2 Å². The molecule has 0 bridgehead atoms. The topological polar surface area (TPSA) is 128 Å². The number of esters is 2. The van der Waals surface area contributed by atoms with E-state index < -0.39 is 27.9 Å². The number of methoxy groups -OCH3 is 2. The Balaban J connectivity index is 1.94. The van der Waals surface area contributed by atoms with Crippen LogP contribution in [-0.2, 0) is 19.5 Å². The third-order valence-corrected chi connectivity index (χ3v) is 6.77. The van der Waals surface area contributed by atoms with Crippen LogP contribution in [0, 0.1) is 20.8 Å². The molecule has 10 heteroatoms. The maximum Gasteiger partial charge on any atom is 0.337 e. The Hall–Kier alpha value is -4.18. The predicted octanol–water partition coefficient (Wildman–Crippen LogP) is 4.24. The van der Waals surface area contributed by atoms with Gasteiger partial charge in [0.25, 0.3) is 15.9 Å². The van der Waals surface area contributed by atoms with Crippen LogP contribution in [0.3, 0.4) is 0 Å². The van der Waals surface area contributed by atoms with E-state index >= 15 is 0 Å². The molecule has 0 atom stereocenters. The summed E-state index contributed by atoms with van der Waals surface area (Å²) in [5, 5.41) is 2.59. The Morgan fingerprint density at radius 2 is 1.25 bits per heavy atom. The number of rotatable bonds is 7. The van der Waals surface area contributed by atoms with Crippen LogP contribution in [0.1, 0.15) is 47.8 Å². The normalized spacial score (nSPS) is 10.9. The highest BCUT2D eigenvalue weighted by Gasteiger charge is 2.21. The van der Waals surface area contributed by atoms with E-state index in [0.717, 1.165) is 11.1 Å². The highest BCUT2D eigenvalue weighted by molar-refractivity contribution is 7.92. The van der Waals surface area contributed by atoms with Crippen molar-refractivity contribution in [2.75, 3.05) is 24.3 Å². The number of hydrogen-bond acceptors (Lipinski definition) is 7. The fourth-order valence-corrected chi connectivity index (χ4v) is 4.96. The van der Waals surface area contributed by atoms with Gasteiger partial charge in [-0.25, -0.2) is 18.0 Å². The highest BCUT2D eigenvalue weighted by atomic mass is 32.2. The smallest absolute Gasteiger partial charge is 0.337 e. The lowest BCUT2D eigenvalue weighted by atomic mass is 10.1. The number of hydrogen-bond donors (Lipinski definition) is 2. The molecule has 36 heavy (non-hydrogen) atoms. The van der Waals surface area contributed by atoms with Crippen LogP contribution in [-0.4, -0.2) is 40.5 Å². The number of carbonyl (C=O) groups excluding carboxylic acids is 3.